The molecule has 0 saturated heterocycles. The van der Waals surface area contributed by atoms with Gasteiger partial charge in [-0.25, -0.2) is 0 Å². The molecule has 0 fully saturated rings. The Morgan fingerprint density at radius 3 is 2.50 bits per heavy atom. The molecule has 0 spiro atoms. The fourth-order valence-electron chi connectivity index (χ4n) is 2.37. The number of primary amides is 1. The van der Waals surface area contributed by atoms with E-state index in [1.165, 1.54) is 0 Å². The highest BCUT2D eigenvalue weighted by Gasteiger charge is 2.24. The average molecular weight is 272 g/mol. The van der Waals surface area contributed by atoms with Crippen LogP contribution in [0.2, 0.25) is 0 Å². The van der Waals surface area contributed by atoms with Gasteiger partial charge in [0.2, 0.25) is 5.91 Å². The Morgan fingerprint density at radius 2 is 2.00 bits per heavy atom. The van der Waals surface area contributed by atoms with Gasteiger partial charge >= 0.3 is 0 Å². The lowest BCUT2D eigenvalue weighted by molar-refractivity contribution is -0.120. The quantitative estimate of drug-likeness (QED) is 0.863. The summed E-state index contributed by atoms with van der Waals surface area (Å²) in [6, 6.07) is 9.39. The molecule has 2 rings (SSSR count). The van der Waals surface area contributed by atoms with Crippen molar-refractivity contribution in [1.82, 2.24) is 15.1 Å². The summed E-state index contributed by atoms with van der Waals surface area (Å²) in [5, 5.41) is 7.56. The van der Waals surface area contributed by atoms with Crippen molar-refractivity contribution < 1.29 is 4.79 Å². The van der Waals surface area contributed by atoms with E-state index in [4.69, 9.17) is 5.73 Å². The second-order valence-electron chi connectivity index (χ2n) is 4.91. The summed E-state index contributed by atoms with van der Waals surface area (Å²) in [6.45, 7) is 4.42. The lowest BCUT2D eigenvalue weighted by Crippen LogP contribution is -2.34. The zero-order valence-electron chi connectivity index (χ0n) is 12.1. The molecule has 1 amide bonds. The van der Waals surface area contributed by atoms with E-state index in [0.29, 0.717) is 6.54 Å². The van der Waals surface area contributed by atoms with Crippen LogP contribution in [-0.2, 0) is 18.4 Å². The number of hydrogen-bond donors (Lipinski definition) is 2. The number of carbonyl (C=O) groups excluding carboxylic acids is 1. The summed E-state index contributed by atoms with van der Waals surface area (Å²) in [5.74, 6) is -0.389. The van der Waals surface area contributed by atoms with E-state index < -0.39 is 6.04 Å². The van der Waals surface area contributed by atoms with Gasteiger partial charge in [0.15, 0.2) is 0 Å². The number of aryl methyl sites for hydroxylation is 2. The molecule has 5 heteroatoms. The molecule has 0 aliphatic rings. The lowest BCUT2D eigenvalue weighted by atomic mass is 10.0. The van der Waals surface area contributed by atoms with Crippen LogP contribution in [0.25, 0.3) is 0 Å². The summed E-state index contributed by atoms with van der Waals surface area (Å²) in [6.07, 6.45) is 0. The average Bonchev–Trinajstić information content (AvgIpc) is 2.66. The van der Waals surface area contributed by atoms with Crippen LogP contribution in [0.1, 0.15) is 28.6 Å². The maximum Gasteiger partial charge on any atom is 0.239 e. The predicted octanol–water partition coefficient (Wildman–Crippen LogP) is 1.35. The van der Waals surface area contributed by atoms with Crippen molar-refractivity contribution in [3.8, 4) is 0 Å². The lowest BCUT2D eigenvalue weighted by Gasteiger charge is -2.16. The van der Waals surface area contributed by atoms with E-state index in [1.54, 1.807) is 4.68 Å². The minimum atomic E-state index is -0.524. The minimum Gasteiger partial charge on any atom is -0.368 e. The molecule has 2 aromatic rings. The molecule has 1 atom stereocenters. The summed E-state index contributed by atoms with van der Waals surface area (Å²) >= 11 is 0. The topological polar surface area (TPSA) is 72.9 Å². The van der Waals surface area contributed by atoms with E-state index >= 15 is 0 Å². The molecule has 20 heavy (non-hydrogen) atoms. The Kier molecular flexibility index (Phi) is 4.20. The first-order chi connectivity index (χ1) is 9.50. The molecule has 0 aliphatic carbocycles. The van der Waals surface area contributed by atoms with Gasteiger partial charge in [-0.05, 0) is 19.4 Å². The van der Waals surface area contributed by atoms with Crippen LogP contribution < -0.4 is 11.1 Å². The van der Waals surface area contributed by atoms with Crippen molar-refractivity contribution in [3.05, 3.63) is 52.8 Å². The van der Waals surface area contributed by atoms with Crippen molar-refractivity contribution in [2.75, 3.05) is 0 Å². The molecule has 0 saturated carbocycles. The van der Waals surface area contributed by atoms with Crippen LogP contribution in [0, 0.1) is 13.8 Å². The Balaban J connectivity index is 2.22. The number of carbonyl (C=O) groups is 1. The van der Waals surface area contributed by atoms with Crippen LogP contribution in [0.3, 0.4) is 0 Å². The number of nitrogens with two attached hydrogens (primary N) is 1. The molecule has 1 unspecified atom stereocenters. The summed E-state index contributed by atoms with van der Waals surface area (Å²) in [4.78, 5) is 11.8. The second kappa shape index (κ2) is 5.88. The van der Waals surface area contributed by atoms with Crippen LogP contribution >= 0.6 is 0 Å². The van der Waals surface area contributed by atoms with Crippen molar-refractivity contribution >= 4 is 5.91 Å². The Morgan fingerprint density at radius 1 is 1.35 bits per heavy atom. The SMILES string of the molecule is Cc1nn(C)c(C)c1C(NCc1ccccc1)C(N)=O. The number of benzene rings is 1. The van der Waals surface area contributed by atoms with Gasteiger partial charge < -0.3 is 5.73 Å². The van der Waals surface area contributed by atoms with Crippen molar-refractivity contribution in [1.29, 1.82) is 0 Å². The first kappa shape index (κ1) is 14.3. The predicted molar refractivity (Wildman–Crippen MR) is 77.9 cm³/mol. The van der Waals surface area contributed by atoms with E-state index in [2.05, 4.69) is 10.4 Å². The van der Waals surface area contributed by atoms with E-state index in [9.17, 15) is 4.79 Å². The largest absolute Gasteiger partial charge is 0.368 e. The number of amides is 1. The molecule has 1 aromatic heterocycles. The second-order valence-corrected chi connectivity index (χ2v) is 4.91. The minimum absolute atomic E-state index is 0.389. The zero-order valence-corrected chi connectivity index (χ0v) is 12.1. The zero-order chi connectivity index (χ0) is 14.7. The van der Waals surface area contributed by atoms with E-state index in [0.717, 1.165) is 22.5 Å². The summed E-state index contributed by atoms with van der Waals surface area (Å²) in [5.41, 5.74) is 9.30. The highest BCUT2D eigenvalue weighted by atomic mass is 16.1. The molecule has 3 N–H and O–H groups in total. The highest BCUT2D eigenvalue weighted by molar-refractivity contribution is 5.82. The molecular weight excluding hydrogens is 252 g/mol. The summed E-state index contributed by atoms with van der Waals surface area (Å²) in [7, 11) is 1.86. The van der Waals surface area contributed by atoms with Gasteiger partial charge in [-0.3, -0.25) is 14.8 Å². The van der Waals surface area contributed by atoms with Crippen molar-refractivity contribution in [3.63, 3.8) is 0 Å². The molecule has 5 nitrogen and oxygen atoms in total. The normalized spacial score (nSPS) is 12.3. The summed E-state index contributed by atoms with van der Waals surface area (Å²) < 4.78 is 1.77. The highest BCUT2D eigenvalue weighted by Crippen LogP contribution is 2.21. The fraction of sp³-hybridized carbons (Fsp3) is 0.333. The van der Waals surface area contributed by atoms with Crippen LogP contribution in [0.4, 0.5) is 0 Å². The molecule has 0 bridgehead atoms. The van der Waals surface area contributed by atoms with Crippen LogP contribution in [0.15, 0.2) is 30.3 Å². The molecule has 1 aromatic carbocycles. The van der Waals surface area contributed by atoms with E-state index in [1.807, 2.05) is 51.2 Å². The Hall–Kier alpha value is -2.14. The van der Waals surface area contributed by atoms with Crippen LogP contribution in [-0.4, -0.2) is 15.7 Å². The van der Waals surface area contributed by atoms with E-state index in [-0.39, 0.29) is 5.91 Å². The van der Waals surface area contributed by atoms with Gasteiger partial charge in [0.05, 0.1) is 5.69 Å². The maximum atomic E-state index is 11.8. The van der Waals surface area contributed by atoms with Gasteiger partial charge in [0, 0.05) is 24.8 Å². The first-order valence-corrected chi connectivity index (χ1v) is 6.57. The third-order valence-electron chi connectivity index (χ3n) is 3.49. The monoisotopic (exact) mass is 272 g/mol. The number of nitrogens with zero attached hydrogens (tertiary/aromatic N) is 2. The van der Waals surface area contributed by atoms with Gasteiger partial charge in [-0.2, -0.15) is 5.10 Å². The Labute approximate surface area is 118 Å². The maximum absolute atomic E-state index is 11.8. The number of hydrogen-bond acceptors (Lipinski definition) is 3. The van der Waals surface area contributed by atoms with Gasteiger partial charge in [-0.1, -0.05) is 30.3 Å². The van der Waals surface area contributed by atoms with Crippen molar-refractivity contribution in [2.24, 2.45) is 12.8 Å². The Bertz CT molecular complexity index is 604. The standard InChI is InChI=1S/C15H20N4O/c1-10-13(11(2)19(3)18-10)14(15(16)20)17-9-12-7-5-4-6-8-12/h4-8,14,17H,9H2,1-3H3,(H2,16,20). The molecule has 0 aliphatic heterocycles. The molecular formula is C15H20N4O. The number of aromatic nitrogens is 2. The van der Waals surface area contributed by atoms with Crippen LogP contribution in [0.5, 0.6) is 0 Å². The fourth-order valence-corrected chi connectivity index (χ4v) is 2.37. The number of rotatable bonds is 5. The van der Waals surface area contributed by atoms with Crippen molar-refractivity contribution in [2.45, 2.75) is 26.4 Å². The van der Waals surface area contributed by atoms with Gasteiger partial charge in [-0.15, -0.1) is 0 Å². The number of nitrogens with one attached hydrogen (secondary N) is 1. The van der Waals surface area contributed by atoms with Gasteiger partial charge in [0.1, 0.15) is 6.04 Å². The molecule has 0 radical (unpaired) electrons. The molecule has 1 heterocycles. The molecule has 106 valence electrons. The third kappa shape index (κ3) is 2.88. The smallest absolute Gasteiger partial charge is 0.239 e. The third-order valence-corrected chi connectivity index (χ3v) is 3.49. The first-order valence-electron chi connectivity index (χ1n) is 6.57. The van der Waals surface area contributed by atoms with Gasteiger partial charge in [0.25, 0.3) is 0 Å².